The molecule has 3 heterocycles. The van der Waals surface area contributed by atoms with Gasteiger partial charge in [-0.05, 0) is 31.1 Å². The van der Waals surface area contributed by atoms with Crippen molar-refractivity contribution in [2.24, 2.45) is 10.9 Å². The summed E-state index contributed by atoms with van der Waals surface area (Å²) < 4.78 is 19.8. The van der Waals surface area contributed by atoms with Crippen LogP contribution in [0, 0.1) is 5.92 Å². The monoisotopic (exact) mass is 326 g/mol. The van der Waals surface area contributed by atoms with E-state index in [9.17, 15) is 4.39 Å². The summed E-state index contributed by atoms with van der Waals surface area (Å²) in [6.45, 7) is 4.41. The summed E-state index contributed by atoms with van der Waals surface area (Å²) in [5.74, 6) is -0.126. The van der Waals surface area contributed by atoms with Crippen molar-refractivity contribution in [3.63, 3.8) is 0 Å². The van der Waals surface area contributed by atoms with Crippen LogP contribution < -0.4 is 4.74 Å². The highest BCUT2D eigenvalue weighted by atomic mass is 19.1. The number of hydrogen-bond donors (Lipinski definition) is 1. The summed E-state index contributed by atoms with van der Waals surface area (Å²) in [5, 5.41) is 0.841. The SMILES string of the molecule is CCOc1ncc2c(C3=CC4CC(=NC=C4C)C(F)=C3)c[nH]c2n1.[HH]. The minimum absolute atomic E-state index is 0. The molecule has 24 heavy (non-hydrogen) atoms. The van der Waals surface area contributed by atoms with Crippen LogP contribution >= 0.6 is 0 Å². The maximum atomic E-state index is 14.4. The Morgan fingerprint density at radius 3 is 3.17 bits per heavy atom. The highest BCUT2D eigenvalue weighted by Crippen LogP contribution is 2.35. The second-order valence-corrected chi connectivity index (χ2v) is 5.92. The van der Waals surface area contributed by atoms with E-state index in [1.165, 1.54) is 0 Å². The van der Waals surface area contributed by atoms with E-state index in [4.69, 9.17) is 4.74 Å². The lowest BCUT2D eigenvalue weighted by Crippen LogP contribution is -2.10. The van der Waals surface area contributed by atoms with Gasteiger partial charge in [0.15, 0.2) is 0 Å². The highest BCUT2D eigenvalue weighted by molar-refractivity contribution is 6.04. The van der Waals surface area contributed by atoms with Crippen molar-refractivity contribution >= 4 is 22.3 Å². The average Bonchev–Trinajstić information content (AvgIpc) is 2.93. The van der Waals surface area contributed by atoms with E-state index in [0.717, 1.165) is 22.1 Å². The molecule has 0 aromatic carbocycles. The van der Waals surface area contributed by atoms with Crippen molar-refractivity contribution in [3.05, 3.63) is 47.7 Å². The van der Waals surface area contributed by atoms with Gasteiger partial charge < -0.3 is 9.72 Å². The third-order valence-corrected chi connectivity index (χ3v) is 4.36. The average molecular weight is 326 g/mol. The van der Waals surface area contributed by atoms with E-state index in [0.29, 0.717) is 30.4 Å². The standard InChI is InChI=1S/C18H17FN4O.H2/c1-3-24-18-22-9-14-13(8-21-17(14)23-18)12-4-11-6-16(15(19)5-12)20-7-10(11)2;/h4-5,7-9,11H,3,6H2,1-2H3,(H,21,22,23);1H. The first kappa shape index (κ1) is 14.8. The molecule has 1 N–H and O–H groups in total. The first-order chi connectivity index (χ1) is 11.7. The van der Waals surface area contributed by atoms with E-state index in [-0.39, 0.29) is 13.2 Å². The minimum atomic E-state index is -0.284. The number of rotatable bonds is 3. The smallest absolute Gasteiger partial charge is 0.318 e. The van der Waals surface area contributed by atoms with E-state index >= 15 is 0 Å². The molecule has 5 nitrogen and oxygen atoms in total. The molecule has 1 atom stereocenters. The van der Waals surface area contributed by atoms with Crippen LogP contribution in [0.5, 0.6) is 6.01 Å². The van der Waals surface area contributed by atoms with Gasteiger partial charge in [-0.25, -0.2) is 9.37 Å². The molecule has 1 aliphatic heterocycles. The molecule has 2 aromatic heterocycles. The first-order valence-electron chi connectivity index (χ1n) is 7.95. The number of halogens is 1. The zero-order valence-electron chi connectivity index (χ0n) is 13.5. The molecule has 0 saturated heterocycles. The lowest BCUT2D eigenvalue weighted by atomic mass is 9.91. The zero-order chi connectivity index (χ0) is 16.7. The number of nitrogens with zero attached hydrogens (tertiary/aromatic N) is 3. The van der Waals surface area contributed by atoms with Crippen molar-refractivity contribution in [3.8, 4) is 6.01 Å². The van der Waals surface area contributed by atoms with Gasteiger partial charge in [0.1, 0.15) is 11.5 Å². The molecule has 0 amide bonds. The second kappa shape index (κ2) is 5.70. The number of aliphatic imine (C=N–C) groups is 1. The third-order valence-electron chi connectivity index (χ3n) is 4.36. The molecular formula is C18H19FN4O. The topological polar surface area (TPSA) is 63.2 Å². The Kier molecular flexibility index (Phi) is 3.52. The maximum absolute atomic E-state index is 14.4. The number of ether oxygens (including phenoxy) is 1. The van der Waals surface area contributed by atoms with Gasteiger partial charge in [-0.1, -0.05) is 6.08 Å². The Balaban J connectivity index is 0.00000182. The van der Waals surface area contributed by atoms with Crippen LogP contribution in [-0.4, -0.2) is 27.3 Å². The van der Waals surface area contributed by atoms with Crippen molar-refractivity contribution < 1.29 is 10.6 Å². The molecule has 2 bridgehead atoms. The Labute approximate surface area is 140 Å². The molecule has 124 valence electrons. The molecule has 4 rings (SSSR count). The number of allylic oxidation sites excluding steroid dienone is 5. The predicted molar refractivity (Wildman–Crippen MR) is 93.6 cm³/mol. The van der Waals surface area contributed by atoms with Gasteiger partial charge >= 0.3 is 6.01 Å². The van der Waals surface area contributed by atoms with Gasteiger partial charge in [0.05, 0.1) is 12.3 Å². The van der Waals surface area contributed by atoms with Crippen LogP contribution in [0.4, 0.5) is 4.39 Å². The molecule has 1 unspecified atom stereocenters. The molecule has 0 saturated carbocycles. The first-order valence-corrected chi connectivity index (χ1v) is 7.95. The van der Waals surface area contributed by atoms with Crippen LogP contribution in [0.25, 0.3) is 16.6 Å². The fourth-order valence-corrected chi connectivity index (χ4v) is 3.03. The normalized spacial score (nSPS) is 20.0. The zero-order valence-corrected chi connectivity index (χ0v) is 13.5. The minimum Gasteiger partial charge on any atom is -0.464 e. The van der Waals surface area contributed by atoms with E-state index < -0.39 is 0 Å². The van der Waals surface area contributed by atoms with Crippen LogP contribution in [0.1, 0.15) is 27.3 Å². The number of fused-ring (bicyclic) bond motifs is 3. The van der Waals surface area contributed by atoms with Crippen LogP contribution in [0.3, 0.4) is 0 Å². The molecule has 2 aliphatic rings. The molecule has 0 fully saturated rings. The second-order valence-electron chi connectivity index (χ2n) is 5.92. The van der Waals surface area contributed by atoms with Gasteiger partial charge in [-0.3, -0.25) is 4.99 Å². The summed E-state index contributed by atoms with van der Waals surface area (Å²) in [6, 6.07) is 0.332. The van der Waals surface area contributed by atoms with Crippen LogP contribution in [0.2, 0.25) is 0 Å². The van der Waals surface area contributed by atoms with E-state index in [1.807, 2.05) is 20.0 Å². The number of aromatic amines is 1. The number of H-pyrrole nitrogens is 1. The molecule has 0 radical (unpaired) electrons. The summed E-state index contributed by atoms with van der Waals surface area (Å²) in [7, 11) is 0. The van der Waals surface area contributed by atoms with Crippen molar-refractivity contribution in [1.82, 2.24) is 15.0 Å². The van der Waals surface area contributed by atoms with Crippen molar-refractivity contribution in [2.75, 3.05) is 6.61 Å². The Hall–Kier alpha value is -2.76. The van der Waals surface area contributed by atoms with Crippen molar-refractivity contribution in [1.29, 1.82) is 0 Å². The summed E-state index contributed by atoms with van der Waals surface area (Å²) in [5.41, 5.74) is 4.01. The number of nitrogens with one attached hydrogen (secondary N) is 1. The van der Waals surface area contributed by atoms with E-state index in [2.05, 4.69) is 26.0 Å². The van der Waals surface area contributed by atoms with Gasteiger partial charge in [-0.15, -0.1) is 0 Å². The maximum Gasteiger partial charge on any atom is 0.318 e. The van der Waals surface area contributed by atoms with Crippen LogP contribution in [-0.2, 0) is 0 Å². The summed E-state index contributed by atoms with van der Waals surface area (Å²) >= 11 is 0. The molecule has 2 aromatic rings. The molecular weight excluding hydrogens is 307 g/mol. The molecule has 1 aliphatic carbocycles. The fraction of sp³-hybridized carbons (Fsp3) is 0.278. The Bertz CT molecular complexity index is 942. The fourth-order valence-electron chi connectivity index (χ4n) is 3.03. The Morgan fingerprint density at radius 1 is 1.46 bits per heavy atom. The predicted octanol–water partition coefficient (Wildman–Crippen LogP) is 4.22. The summed E-state index contributed by atoms with van der Waals surface area (Å²) in [6.07, 6.45) is 9.53. The number of aromatic nitrogens is 3. The summed E-state index contributed by atoms with van der Waals surface area (Å²) in [4.78, 5) is 15.9. The lowest BCUT2D eigenvalue weighted by Gasteiger charge is -2.16. The van der Waals surface area contributed by atoms with E-state index in [1.54, 1.807) is 18.5 Å². The number of hydrogen-bond acceptors (Lipinski definition) is 4. The highest BCUT2D eigenvalue weighted by Gasteiger charge is 2.24. The largest absolute Gasteiger partial charge is 0.464 e. The molecule has 6 heteroatoms. The van der Waals surface area contributed by atoms with Crippen LogP contribution in [0.15, 0.2) is 47.1 Å². The van der Waals surface area contributed by atoms with Gasteiger partial charge in [-0.2, -0.15) is 4.98 Å². The molecule has 0 spiro atoms. The van der Waals surface area contributed by atoms with Gasteiger partial charge in [0.25, 0.3) is 0 Å². The van der Waals surface area contributed by atoms with Gasteiger partial charge in [0, 0.05) is 43.3 Å². The third kappa shape index (κ3) is 2.44. The van der Waals surface area contributed by atoms with Gasteiger partial charge in [0.2, 0.25) is 0 Å². The Morgan fingerprint density at radius 2 is 2.33 bits per heavy atom. The quantitative estimate of drug-likeness (QED) is 0.918. The van der Waals surface area contributed by atoms with Crippen molar-refractivity contribution in [2.45, 2.75) is 20.3 Å². The lowest BCUT2D eigenvalue weighted by molar-refractivity contribution is 0.314.